The SMILES string of the molecule is CC(C)c1cc(OC=O)cc(C(C)C)c1CC(=O)OC(C)(C)C. The zero-order valence-corrected chi connectivity index (χ0v) is 15.2. The minimum Gasteiger partial charge on any atom is -0.460 e. The minimum atomic E-state index is -0.506. The molecular formula is C19H28O4. The second kappa shape index (κ2) is 7.62. The van der Waals surface area contributed by atoms with Gasteiger partial charge in [0.15, 0.2) is 0 Å². The van der Waals surface area contributed by atoms with Gasteiger partial charge in [-0.3, -0.25) is 9.59 Å². The lowest BCUT2D eigenvalue weighted by Gasteiger charge is -2.23. The fourth-order valence-corrected chi connectivity index (χ4v) is 2.57. The van der Waals surface area contributed by atoms with Crippen molar-refractivity contribution in [3.8, 4) is 5.75 Å². The number of carbonyl (C=O) groups excluding carboxylic acids is 2. The monoisotopic (exact) mass is 320 g/mol. The van der Waals surface area contributed by atoms with Crippen LogP contribution in [0.5, 0.6) is 5.75 Å². The van der Waals surface area contributed by atoms with E-state index in [1.54, 1.807) is 0 Å². The van der Waals surface area contributed by atoms with Crippen molar-refractivity contribution in [3.63, 3.8) is 0 Å². The third-order valence-electron chi connectivity index (χ3n) is 3.46. The first-order valence-electron chi connectivity index (χ1n) is 8.04. The second-order valence-electron chi connectivity index (χ2n) is 7.37. The van der Waals surface area contributed by atoms with Crippen molar-refractivity contribution < 1.29 is 19.1 Å². The highest BCUT2D eigenvalue weighted by atomic mass is 16.6. The van der Waals surface area contributed by atoms with Crippen molar-refractivity contribution in [2.45, 2.75) is 72.3 Å². The van der Waals surface area contributed by atoms with E-state index in [0.29, 0.717) is 12.2 Å². The number of esters is 1. The number of rotatable bonds is 6. The van der Waals surface area contributed by atoms with E-state index < -0.39 is 5.60 Å². The van der Waals surface area contributed by atoms with E-state index in [-0.39, 0.29) is 24.2 Å². The standard InChI is InChI=1S/C19H28O4/c1-12(2)15-8-14(22-11-20)9-16(13(3)4)17(15)10-18(21)23-19(5,6)7/h8-9,11-13H,10H2,1-7H3. The van der Waals surface area contributed by atoms with Crippen LogP contribution in [-0.4, -0.2) is 18.0 Å². The van der Waals surface area contributed by atoms with Crippen molar-refractivity contribution in [2.75, 3.05) is 0 Å². The van der Waals surface area contributed by atoms with E-state index in [9.17, 15) is 9.59 Å². The van der Waals surface area contributed by atoms with Gasteiger partial charge in [-0.2, -0.15) is 0 Å². The first-order valence-corrected chi connectivity index (χ1v) is 8.04. The molecule has 0 unspecified atom stereocenters. The van der Waals surface area contributed by atoms with Gasteiger partial charge in [-0.15, -0.1) is 0 Å². The molecule has 0 aliphatic rings. The summed E-state index contributed by atoms with van der Waals surface area (Å²) in [7, 11) is 0. The van der Waals surface area contributed by atoms with Crippen LogP contribution in [0.4, 0.5) is 0 Å². The summed E-state index contributed by atoms with van der Waals surface area (Å²) in [6.07, 6.45) is 0.222. The molecule has 0 aliphatic heterocycles. The molecule has 0 saturated heterocycles. The highest BCUT2D eigenvalue weighted by molar-refractivity contribution is 5.74. The summed E-state index contributed by atoms with van der Waals surface area (Å²) in [4.78, 5) is 22.9. The predicted octanol–water partition coefficient (Wildman–Crippen LogP) is 4.35. The second-order valence-corrected chi connectivity index (χ2v) is 7.37. The maximum absolute atomic E-state index is 12.3. The molecule has 0 spiro atoms. The molecule has 4 heteroatoms. The molecule has 0 bridgehead atoms. The Morgan fingerprint density at radius 2 is 1.57 bits per heavy atom. The van der Waals surface area contributed by atoms with Crippen molar-refractivity contribution in [1.29, 1.82) is 0 Å². The van der Waals surface area contributed by atoms with Crippen molar-refractivity contribution >= 4 is 12.4 Å². The van der Waals surface area contributed by atoms with Crippen LogP contribution in [0, 0.1) is 0 Å². The van der Waals surface area contributed by atoms with Crippen LogP contribution in [0.15, 0.2) is 12.1 Å². The molecule has 0 fully saturated rings. The predicted molar refractivity (Wildman–Crippen MR) is 90.9 cm³/mol. The first-order chi connectivity index (χ1) is 10.5. The molecule has 0 atom stereocenters. The summed E-state index contributed by atoms with van der Waals surface area (Å²) < 4.78 is 10.5. The first kappa shape index (κ1) is 19.2. The van der Waals surface area contributed by atoms with E-state index >= 15 is 0 Å². The van der Waals surface area contributed by atoms with Crippen LogP contribution >= 0.6 is 0 Å². The number of benzene rings is 1. The summed E-state index contributed by atoms with van der Waals surface area (Å²) in [5, 5.41) is 0. The summed E-state index contributed by atoms with van der Waals surface area (Å²) in [5.74, 6) is 0.686. The zero-order chi connectivity index (χ0) is 17.8. The fourth-order valence-electron chi connectivity index (χ4n) is 2.57. The zero-order valence-electron chi connectivity index (χ0n) is 15.2. The van der Waals surface area contributed by atoms with Gasteiger partial charge in [0.05, 0.1) is 6.42 Å². The smallest absolute Gasteiger partial charge is 0.310 e. The highest BCUT2D eigenvalue weighted by Crippen LogP contribution is 2.33. The molecule has 1 aromatic rings. The van der Waals surface area contributed by atoms with Crippen molar-refractivity contribution in [2.24, 2.45) is 0 Å². The average molecular weight is 320 g/mol. The molecule has 0 saturated carbocycles. The fraction of sp³-hybridized carbons (Fsp3) is 0.579. The Balaban J connectivity index is 3.31. The van der Waals surface area contributed by atoms with Gasteiger partial charge in [0.1, 0.15) is 11.4 Å². The number of hydrogen-bond donors (Lipinski definition) is 0. The molecule has 0 heterocycles. The molecule has 0 aliphatic carbocycles. The molecule has 128 valence electrons. The van der Waals surface area contributed by atoms with Crippen LogP contribution in [0.1, 0.15) is 77.0 Å². The Hall–Kier alpha value is -1.84. The van der Waals surface area contributed by atoms with Crippen molar-refractivity contribution in [3.05, 3.63) is 28.8 Å². The molecule has 0 N–H and O–H groups in total. The van der Waals surface area contributed by atoms with Gasteiger partial charge in [0, 0.05) is 0 Å². The van der Waals surface area contributed by atoms with Gasteiger partial charge in [-0.25, -0.2) is 0 Å². The molecule has 1 rings (SSSR count). The number of ether oxygens (including phenoxy) is 2. The van der Waals surface area contributed by atoms with Crippen LogP contribution in [-0.2, 0) is 20.7 Å². The highest BCUT2D eigenvalue weighted by Gasteiger charge is 2.22. The normalized spacial score (nSPS) is 11.7. The summed E-state index contributed by atoms with van der Waals surface area (Å²) in [6, 6.07) is 3.68. The molecule has 0 radical (unpaired) electrons. The van der Waals surface area contributed by atoms with E-state index in [2.05, 4.69) is 27.7 Å². The Kier molecular flexibility index (Phi) is 6.37. The maximum Gasteiger partial charge on any atom is 0.310 e. The average Bonchev–Trinajstić information content (AvgIpc) is 2.37. The summed E-state index contributed by atoms with van der Waals surface area (Å²) in [6.45, 7) is 14.2. The van der Waals surface area contributed by atoms with Gasteiger partial charge in [0.2, 0.25) is 0 Å². The lowest BCUT2D eigenvalue weighted by Crippen LogP contribution is -2.25. The number of hydrogen-bond acceptors (Lipinski definition) is 4. The van der Waals surface area contributed by atoms with Gasteiger partial charge in [0.25, 0.3) is 6.47 Å². The van der Waals surface area contributed by atoms with Crippen molar-refractivity contribution in [1.82, 2.24) is 0 Å². The number of carbonyl (C=O) groups is 2. The Morgan fingerprint density at radius 1 is 1.09 bits per heavy atom. The Labute approximate surface area is 139 Å². The third-order valence-corrected chi connectivity index (χ3v) is 3.46. The van der Waals surface area contributed by atoms with Crippen LogP contribution < -0.4 is 4.74 Å². The van der Waals surface area contributed by atoms with Gasteiger partial charge >= 0.3 is 5.97 Å². The van der Waals surface area contributed by atoms with E-state index in [1.807, 2.05) is 32.9 Å². The lowest BCUT2D eigenvalue weighted by atomic mass is 9.86. The third kappa shape index (κ3) is 5.70. The van der Waals surface area contributed by atoms with Crippen LogP contribution in [0.25, 0.3) is 0 Å². The Morgan fingerprint density at radius 3 is 1.91 bits per heavy atom. The van der Waals surface area contributed by atoms with Gasteiger partial charge in [-0.05, 0) is 61.4 Å². The minimum absolute atomic E-state index is 0.208. The summed E-state index contributed by atoms with van der Waals surface area (Å²) >= 11 is 0. The lowest BCUT2D eigenvalue weighted by molar-refractivity contribution is -0.154. The maximum atomic E-state index is 12.3. The molecular weight excluding hydrogens is 292 g/mol. The van der Waals surface area contributed by atoms with E-state index in [1.165, 1.54) is 0 Å². The topological polar surface area (TPSA) is 52.6 Å². The van der Waals surface area contributed by atoms with E-state index in [0.717, 1.165) is 16.7 Å². The molecule has 0 aromatic heterocycles. The van der Waals surface area contributed by atoms with Crippen LogP contribution in [0.2, 0.25) is 0 Å². The van der Waals surface area contributed by atoms with Gasteiger partial charge in [-0.1, -0.05) is 27.7 Å². The quantitative estimate of drug-likeness (QED) is 0.577. The molecule has 23 heavy (non-hydrogen) atoms. The molecule has 1 aromatic carbocycles. The largest absolute Gasteiger partial charge is 0.460 e. The Bertz CT molecular complexity index is 536. The molecule has 4 nitrogen and oxygen atoms in total. The van der Waals surface area contributed by atoms with Gasteiger partial charge < -0.3 is 9.47 Å². The molecule has 0 amide bonds. The van der Waals surface area contributed by atoms with Crippen LogP contribution in [0.3, 0.4) is 0 Å². The summed E-state index contributed by atoms with van der Waals surface area (Å²) in [5.41, 5.74) is 2.49. The van der Waals surface area contributed by atoms with E-state index in [4.69, 9.17) is 9.47 Å².